The van der Waals surface area contributed by atoms with E-state index in [1.54, 1.807) is 0 Å². The average molecular weight is 649 g/mol. The molecule has 0 heterocycles. The van der Waals surface area contributed by atoms with Crippen molar-refractivity contribution in [1.82, 2.24) is 0 Å². The Labute approximate surface area is 299 Å². The topological polar surface area (TPSA) is 0 Å². The second kappa shape index (κ2) is 11.4. The molecule has 0 atom stereocenters. The maximum absolute atomic E-state index is 2.43. The number of hydrogen-bond acceptors (Lipinski definition) is 0. The van der Waals surface area contributed by atoms with Gasteiger partial charge in [0.15, 0.2) is 0 Å². The molecule has 1 aliphatic rings. The Morgan fingerprint density at radius 2 is 0.706 bits per heavy atom. The fourth-order valence-electron chi connectivity index (χ4n) is 8.76. The minimum absolute atomic E-state index is 0.131. The van der Waals surface area contributed by atoms with Crippen LogP contribution in [0.2, 0.25) is 0 Å². The van der Waals surface area contributed by atoms with E-state index in [-0.39, 0.29) is 5.41 Å². The van der Waals surface area contributed by atoms with Crippen LogP contribution in [-0.4, -0.2) is 0 Å². The Bertz CT molecular complexity index is 2780. The molecule has 0 saturated heterocycles. The van der Waals surface area contributed by atoms with E-state index < -0.39 is 0 Å². The Hall–Kier alpha value is -6.24. The molecule has 0 unspecified atom stereocenters. The summed E-state index contributed by atoms with van der Waals surface area (Å²) in [7, 11) is 0. The van der Waals surface area contributed by atoms with Crippen molar-refractivity contribution >= 4 is 32.3 Å². The van der Waals surface area contributed by atoms with Crippen LogP contribution in [0.5, 0.6) is 0 Å². The van der Waals surface area contributed by atoms with Crippen molar-refractivity contribution in [3.63, 3.8) is 0 Å². The first-order valence-corrected chi connectivity index (χ1v) is 17.9. The Balaban J connectivity index is 1.07. The summed E-state index contributed by atoms with van der Waals surface area (Å²) in [5.74, 6) is 0. The quantitative estimate of drug-likeness (QED) is 0.167. The van der Waals surface area contributed by atoms with Crippen LogP contribution in [0, 0.1) is 0 Å². The second-order valence-corrected chi connectivity index (χ2v) is 14.5. The number of rotatable bonds is 4. The molecular formula is C51H36. The molecule has 0 amide bonds. The van der Waals surface area contributed by atoms with Gasteiger partial charge in [0.2, 0.25) is 0 Å². The highest BCUT2D eigenvalue weighted by Crippen LogP contribution is 2.54. The summed E-state index contributed by atoms with van der Waals surface area (Å²) in [6.07, 6.45) is 0. The van der Waals surface area contributed by atoms with Gasteiger partial charge >= 0.3 is 0 Å². The number of fused-ring (bicyclic) bond motifs is 10. The lowest BCUT2D eigenvalue weighted by molar-refractivity contribution is 0.667. The van der Waals surface area contributed by atoms with Gasteiger partial charge in [-0.15, -0.1) is 0 Å². The van der Waals surface area contributed by atoms with Crippen molar-refractivity contribution in [2.45, 2.75) is 19.3 Å². The van der Waals surface area contributed by atoms with Crippen LogP contribution >= 0.6 is 0 Å². The third kappa shape index (κ3) is 4.68. The van der Waals surface area contributed by atoms with Crippen LogP contribution in [0.25, 0.3) is 88.0 Å². The predicted molar refractivity (Wildman–Crippen MR) is 218 cm³/mol. The second-order valence-electron chi connectivity index (χ2n) is 14.5. The zero-order chi connectivity index (χ0) is 34.1. The minimum Gasteiger partial charge on any atom is -0.0622 e. The van der Waals surface area contributed by atoms with Gasteiger partial charge in [-0.25, -0.2) is 0 Å². The lowest BCUT2D eigenvalue weighted by Gasteiger charge is -2.24. The van der Waals surface area contributed by atoms with E-state index in [0.29, 0.717) is 0 Å². The molecule has 0 heteroatoms. The highest BCUT2D eigenvalue weighted by atomic mass is 14.4. The zero-order valence-electron chi connectivity index (χ0n) is 28.8. The van der Waals surface area contributed by atoms with E-state index in [2.05, 4.69) is 196 Å². The molecule has 1 aliphatic carbocycles. The van der Waals surface area contributed by atoms with Crippen molar-refractivity contribution in [2.24, 2.45) is 0 Å². The highest BCUT2D eigenvalue weighted by molar-refractivity contribution is 6.27. The molecule has 9 aromatic carbocycles. The molecule has 240 valence electrons. The smallest absolute Gasteiger partial charge is 0.0165 e. The first-order chi connectivity index (χ1) is 25.0. The van der Waals surface area contributed by atoms with E-state index in [4.69, 9.17) is 0 Å². The summed E-state index contributed by atoms with van der Waals surface area (Å²) < 4.78 is 0. The summed E-state index contributed by atoms with van der Waals surface area (Å²) in [5, 5.41) is 8.04. The monoisotopic (exact) mass is 648 g/mol. The van der Waals surface area contributed by atoms with Crippen molar-refractivity contribution in [2.75, 3.05) is 0 Å². The predicted octanol–water partition coefficient (Wildman–Crippen LogP) is 14.1. The summed E-state index contributed by atoms with van der Waals surface area (Å²) in [6.45, 7) is 4.81. The van der Waals surface area contributed by atoms with Gasteiger partial charge in [-0.3, -0.25) is 0 Å². The van der Waals surface area contributed by atoms with Crippen molar-refractivity contribution < 1.29 is 0 Å². The molecule has 51 heavy (non-hydrogen) atoms. The zero-order valence-corrected chi connectivity index (χ0v) is 28.8. The normalized spacial score (nSPS) is 13.1. The summed E-state index contributed by atoms with van der Waals surface area (Å²) >= 11 is 0. The molecule has 0 N–H and O–H groups in total. The Morgan fingerprint density at radius 1 is 0.294 bits per heavy atom. The molecule has 0 bridgehead atoms. The van der Waals surface area contributed by atoms with E-state index in [1.165, 1.54) is 99.1 Å². The molecule has 0 saturated carbocycles. The van der Waals surface area contributed by atoms with Gasteiger partial charge in [-0.2, -0.15) is 0 Å². The van der Waals surface area contributed by atoms with Crippen molar-refractivity contribution in [1.29, 1.82) is 0 Å². The molecular weight excluding hydrogens is 613 g/mol. The van der Waals surface area contributed by atoms with E-state index >= 15 is 0 Å². The standard InChI is InChI=1S/C51H36/c1-51(2)48-28-25-40(32-47(48)46-27-26-45-43-23-7-6-21-41(43)42-22-8-9-24-44(42)49(45)50(46)51)39-20-12-19-38(31-39)37-18-11-17-36(30-37)35-16-10-15-34(29-35)33-13-4-3-5-14-33/h3-32H,1-2H3. The highest BCUT2D eigenvalue weighted by Gasteiger charge is 2.37. The van der Waals surface area contributed by atoms with Gasteiger partial charge in [0.25, 0.3) is 0 Å². The van der Waals surface area contributed by atoms with Crippen LogP contribution < -0.4 is 0 Å². The first-order valence-electron chi connectivity index (χ1n) is 17.9. The SMILES string of the molecule is CC1(C)c2ccc(-c3cccc(-c4cccc(-c5cccc(-c6ccccc6)c5)c4)c3)cc2-c2ccc3c4ccccc4c4ccccc4c3c21. The van der Waals surface area contributed by atoms with Crippen LogP contribution in [-0.2, 0) is 5.41 Å². The summed E-state index contributed by atoms with van der Waals surface area (Å²) in [4.78, 5) is 0. The number of hydrogen-bond donors (Lipinski definition) is 0. The van der Waals surface area contributed by atoms with E-state index in [0.717, 1.165) is 0 Å². The molecule has 0 radical (unpaired) electrons. The first kappa shape index (κ1) is 29.7. The minimum atomic E-state index is -0.131. The van der Waals surface area contributed by atoms with Crippen molar-refractivity contribution in [3.05, 3.63) is 193 Å². The average Bonchev–Trinajstić information content (AvgIpc) is 3.43. The third-order valence-corrected chi connectivity index (χ3v) is 11.2. The Morgan fingerprint density at radius 3 is 1.25 bits per heavy atom. The molecule has 9 aromatic rings. The van der Waals surface area contributed by atoms with Crippen LogP contribution in [0.15, 0.2) is 182 Å². The van der Waals surface area contributed by atoms with Gasteiger partial charge in [-0.1, -0.05) is 172 Å². The lowest BCUT2D eigenvalue weighted by atomic mass is 9.78. The Kier molecular flexibility index (Phi) is 6.63. The number of benzene rings is 9. The fraction of sp³-hybridized carbons (Fsp3) is 0.0588. The molecule has 0 aliphatic heterocycles. The molecule has 0 aromatic heterocycles. The molecule has 0 fully saturated rings. The van der Waals surface area contributed by atoms with Gasteiger partial charge in [0.05, 0.1) is 0 Å². The molecule has 0 spiro atoms. The van der Waals surface area contributed by atoms with E-state index in [1.807, 2.05) is 0 Å². The maximum atomic E-state index is 2.43. The van der Waals surface area contributed by atoms with Gasteiger partial charge in [0.1, 0.15) is 0 Å². The maximum Gasteiger partial charge on any atom is 0.0165 e. The van der Waals surface area contributed by atoms with Crippen molar-refractivity contribution in [3.8, 4) is 55.6 Å². The molecule has 10 rings (SSSR count). The van der Waals surface area contributed by atoms with Gasteiger partial charge in [-0.05, 0) is 123 Å². The van der Waals surface area contributed by atoms with Crippen LogP contribution in [0.3, 0.4) is 0 Å². The van der Waals surface area contributed by atoms with E-state index in [9.17, 15) is 0 Å². The van der Waals surface area contributed by atoms with Gasteiger partial charge in [0, 0.05) is 5.41 Å². The van der Waals surface area contributed by atoms with Gasteiger partial charge < -0.3 is 0 Å². The van der Waals surface area contributed by atoms with Crippen LogP contribution in [0.4, 0.5) is 0 Å². The summed E-state index contributed by atoms with van der Waals surface area (Å²) in [6, 6.07) is 67.2. The largest absolute Gasteiger partial charge is 0.0622 e. The molecule has 0 nitrogen and oxygen atoms in total. The third-order valence-electron chi connectivity index (χ3n) is 11.2. The van der Waals surface area contributed by atoms with Crippen LogP contribution in [0.1, 0.15) is 25.0 Å². The lowest BCUT2D eigenvalue weighted by Crippen LogP contribution is -2.15. The fourth-order valence-corrected chi connectivity index (χ4v) is 8.76. The summed E-state index contributed by atoms with van der Waals surface area (Å²) in [5.41, 5.74) is 15.2.